The fraction of sp³-hybridized carbons (Fsp3) is 0.222. The third-order valence-electron chi connectivity index (χ3n) is 4.07. The van der Waals surface area contributed by atoms with Crippen molar-refractivity contribution in [2.75, 3.05) is 22.5 Å². The lowest BCUT2D eigenvalue weighted by molar-refractivity contribution is -0.113. The number of nitrogens with zero attached hydrogens (tertiary/aromatic N) is 4. The quantitative estimate of drug-likeness (QED) is 0.442. The molecule has 0 saturated heterocycles. The second-order valence-corrected chi connectivity index (χ2v) is 7.26. The second kappa shape index (κ2) is 7.28. The van der Waals surface area contributed by atoms with Gasteiger partial charge in [0.15, 0.2) is 5.16 Å². The first-order chi connectivity index (χ1) is 13.1. The van der Waals surface area contributed by atoms with Gasteiger partial charge < -0.3 is 16.8 Å². The maximum Gasteiger partial charge on any atom is 0.236 e. The number of hydrogen-bond donors (Lipinski definition) is 3. The number of thioether (sulfide) groups is 1. The largest absolute Gasteiger partial charge is 0.383 e. The molecular formula is C18H19N7OS. The zero-order valence-electron chi connectivity index (χ0n) is 14.5. The van der Waals surface area contributed by atoms with Crippen LogP contribution in [0, 0.1) is 0 Å². The Morgan fingerprint density at radius 3 is 2.52 bits per heavy atom. The van der Waals surface area contributed by atoms with E-state index in [1.54, 1.807) is 4.68 Å². The van der Waals surface area contributed by atoms with Crippen molar-refractivity contribution in [3.05, 3.63) is 48.2 Å². The van der Waals surface area contributed by atoms with E-state index in [4.69, 9.17) is 11.5 Å². The summed E-state index contributed by atoms with van der Waals surface area (Å²) in [5.74, 6) is 1.67. The summed E-state index contributed by atoms with van der Waals surface area (Å²) >= 11 is 1.18. The van der Waals surface area contributed by atoms with Crippen molar-refractivity contribution in [1.29, 1.82) is 0 Å². The summed E-state index contributed by atoms with van der Waals surface area (Å²) in [6.07, 6.45) is 2.28. The minimum absolute atomic E-state index is 0.141. The lowest BCUT2D eigenvalue weighted by Crippen LogP contribution is -2.17. The van der Waals surface area contributed by atoms with Crippen LogP contribution < -0.4 is 16.8 Å². The Labute approximate surface area is 160 Å². The number of benzene rings is 1. The van der Waals surface area contributed by atoms with E-state index in [-0.39, 0.29) is 23.3 Å². The topological polar surface area (TPSA) is 125 Å². The van der Waals surface area contributed by atoms with Gasteiger partial charge in [-0.05, 0) is 25.0 Å². The van der Waals surface area contributed by atoms with Crippen LogP contribution in [-0.2, 0) is 4.79 Å². The first kappa shape index (κ1) is 17.3. The Kier molecular flexibility index (Phi) is 4.68. The molecule has 0 atom stereocenters. The average molecular weight is 381 g/mol. The zero-order chi connectivity index (χ0) is 18.8. The Bertz CT molecular complexity index is 949. The number of para-hydroxylation sites is 1. The summed E-state index contributed by atoms with van der Waals surface area (Å²) in [5, 5.41) is 7.98. The van der Waals surface area contributed by atoms with E-state index >= 15 is 0 Å². The Morgan fingerprint density at radius 2 is 1.85 bits per heavy atom. The molecule has 1 amide bonds. The van der Waals surface area contributed by atoms with Gasteiger partial charge in [-0.25, -0.2) is 14.6 Å². The Hall–Kier alpha value is -3.07. The monoisotopic (exact) mass is 381 g/mol. The van der Waals surface area contributed by atoms with Gasteiger partial charge in [0.05, 0.1) is 17.1 Å². The molecule has 1 saturated carbocycles. The van der Waals surface area contributed by atoms with Gasteiger partial charge in [-0.3, -0.25) is 4.79 Å². The van der Waals surface area contributed by atoms with E-state index in [2.05, 4.69) is 20.4 Å². The van der Waals surface area contributed by atoms with E-state index in [1.165, 1.54) is 17.8 Å². The van der Waals surface area contributed by atoms with Crippen LogP contribution in [0.15, 0.2) is 47.6 Å². The van der Waals surface area contributed by atoms with Crippen LogP contribution in [0.25, 0.3) is 5.69 Å². The van der Waals surface area contributed by atoms with Crippen molar-refractivity contribution in [2.24, 2.45) is 0 Å². The van der Waals surface area contributed by atoms with Crippen molar-refractivity contribution in [2.45, 2.75) is 23.9 Å². The molecule has 1 fully saturated rings. The fourth-order valence-electron chi connectivity index (χ4n) is 2.67. The highest BCUT2D eigenvalue weighted by atomic mass is 32.2. The van der Waals surface area contributed by atoms with E-state index < -0.39 is 0 Å². The number of hydrogen-bond acceptors (Lipinski definition) is 7. The molecular weight excluding hydrogens is 362 g/mol. The van der Waals surface area contributed by atoms with Gasteiger partial charge in [-0.1, -0.05) is 30.0 Å². The molecule has 4 rings (SSSR count). The third kappa shape index (κ3) is 4.20. The molecule has 1 aliphatic rings. The Morgan fingerprint density at radius 1 is 1.15 bits per heavy atom. The highest BCUT2D eigenvalue weighted by Gasteiger charge is 2.28. The zero-order valence-corrected chi connectivity index (χ0v) is 15.3. The summed E-state index contributed by atoms with van der Waals surface area (Å²) in [4.78, 5) is 20.6. The summed E-state index contributed by atoms with van der Waals surface area (Å²) < 4.78 is 1.77. The van der Waals surface area contributed by atoms with E-state index in [0.717, 1.165) is 24.2 Å². The molecule has 0 spiro atoms. The summed E-state index contributed by atoms with van der Waals surface area (Å²) in [5.41, 5.74) is 13.2. The molecule has 2 aromatic heterocycles. The fourth-order valence-corrected chi connectivity index (χ4v) is 3.34. The van der Waals surface area contributed by atoms with Crippen LogP contribution >= 0.6 is 11.8 Å². The lowest BCUT2D eigenvalue weighted by atomic mass is 10.3. The second-order valence-electron chi connectivity index (χ2n) is 6.31. The molecule has 0 radical (unpaired) electrons. The predicted molar refractivity (Wildman–Crippen MR) is 106 cm³/mol. The number of nitrogen functional groups attached to an aromatic ring is 2. The molecule has 0 bridgehead atoms. The van der Waals surface area contributed by atoms with Gasteiger partial charge in [0.2, 0.25) is 5.91 Å². The number of amides is 1. The number of anilines is 3. The number of rotatable bonds is 6. The average Bonchev–Trinajstić information content (AvgIpc) is 3.41. The van der Waals surface area contributed by atoms with Gasteiger partial charge in [-0.15, -0.1) is 0 Å². The van der Waals surface area contributed by atoms with Crippen molar-refractivity contribution in [1.82, 2.24) is 19.7 Å². The molecule has 0 aliphatic heterocycles. The highest BCUT2D eigenvalue weighted by molar-refractivity contribution is 7.99. The molecule has 138 valence electrons. The van der Waals surface area contributed by atoms with Crippen LogP contribution in [0.4, 0.5) is 17.5 Å². The van der Waals surface area contributed by atoms with Crippen LogP contribution in [-0.4, -0.2) is 31.4 Å². The van der Waals surface area contributed by atoms with E-state index in [9.17, 15) is 4.79 Å². The van der Waals surface area contributed by atoms with Gasteiger partial charge >= 0.3 is 0 Å². The van der Waals surface area contributed by atoms with Crippen molar-refractivity contribution in [3.63, 3.8) is 0 Å². The minimum Gasteiger partial charge on any atom is -0.383 e. The molecule has 1 aromatic carbocycles. The lowest BCUT2D eigenvalue weighted by Gasteiger charge is -2.08. The molecule has 5 N–H and O–H groups in total. The van der Waals surface area contributed by atoms with Gasteiger partial charge in [0.25, 0.3) is 0 Å². The molecule has 2 heterocycles. The summed E-state index contributed by atoms with van der Waals surface area (Å²) in [7, 11) is 0. The van der Waals surface area contributed by atoms with Crippen molar-refractivity contribution >= 4 is 35.1 Å². The summed E-state index contributed by atoms with van der Waals surface area (Å²) in [6, 6.07) is 13.2. The highest BCUT2D eigenvalue weighted by Crippen LogP contribution is 2.40. The first-order valence-corrected chi connectivity index (χ1v) is 9.55. The molecule has 3 aromatic rings. The van der Waals surface area contributed by atoms with Crippen molar-refractivity contribution in [3.8, 4) is 5.69 Å². The van der Waals surface area contributed by atoms with Crippen molar-refractivity contribution < 1.29 is 4.79 Å². The maximum absolute atomic E-state index is 12.4. The molecule has 0 unspecified atom stereocenters. The molecule has 1 aliphatic carbocycles. The third-order valence-corrected chi connectivity index (χ3v) is 4.92. The minimum atomic E-state index is -0.177. The van der Waals surface area contributed by atoms with Crippen LogP contribution in [0.3, 0.4) is 0 Å². The number of carbonyl (C=O) groups excluding carboxylic acids is 1. The number of carbonyl (C=O) groups is 1. The van der Waals surface area contributed by atoms with Crippen LogP contribution in [0.5, 0.6) is 0 Å². The van der Waals surface area contributed by atoms with E-state index in [1.807, 2.05) is 36.4 Å². The SMILES string of the molecule is Nc1cc(N)nc(SCC(=O)Nc2cc(C3CC3)nn2-c2ccccc2)n1. The number of nitrogens with one attached hydrogen (secondary N) is 1. The van der Waals surface area contributed by atoms with Gasteiger partial charge in [0.1, 0.15) is 17.5 Å². The Balaban J connectivity index is 1.49. The standard InChI is InChI=1S/C18H19N7OS/c19-14-9-15(20)22-18(21-14)27-10-17(26)23-16-8-13(11-6-7-11)24-25(16)12-4-2-1-3-5-12/h1-5,8-9,11H,6-7,10H2,(H,23,26)(H4,19,20,21,22). The number of aromatic nitrogens is 4. The maximum atomic E-state index is 12.4. The molecule has 9 heteroatoms. The summed E-state index contributed by atoms with van der Waals surface area (Å²) in [6.45, 7) is 0. The van der Waals surface area contributed by atoms with Gasteiger partial charge in [-0.2, -0.15) is 5.10 Å². The smallest absolute Gasteiger partial charge is 0.236 e. The van der Waals surface area contributed by atoms with Gasteiger partial charge in [0, 0.05) is 18.1 Å². The molecule has 27 heavy (non-hydrogen) atoms. The molecule has 8 nitrogen and oxygen atoms in total. The normalized spacial score (nSPS) is 13.5. The predicted octanol–water partition coefficient (Wildman–Crippen LogP) is 2.43. The van der Waals surface area contributed by atoms with Crippen LogP contribution in [0.2, 0.25) is 0 Å². The first-order valence-electron chi connectivity index (χ1n) is 8.56. The van der Waals surface area contributed by atoms with E-state index in [0.29, 0.717) is 16.9 Å². The van der Waals surface area contributed by atoms with Crippen LogP contribution in [0.1, 0.15) is 24.5 Å². The number of nitrogens with two attached hydrogens (primary N) is 2.